The molecule has 7 heteroatoms. The summed E-state index contributed by atoms with van der Waals surface area (Å²) in [7, 11) is 2.12. The maximum absolute atomic E-state index is 9.62. The fraction of sp³-hybridized carbons (Fsp3) is 0.417. The molecule has 1 saturated heterocycles. The van der Waals surface area contributed by atoms with Crippen LogP contribution in [0.3, 0.4) is 0 Å². The molecule has 0 amide bonds. The lowest BCUT2D eigenvalue weighted by Gasteiger charge is -2.30. The molecule has 1 aliphatic rings. The summed E-state index contributed by atoms with van der Waals surface area (Å²) in [6, 6.07) is 3.69. The Hall–Kier alpha value is -0.300. The molecule has 1 fully saturated rings. The van der Waals surface area contributed by atoms with Gasteiger partial charge in [-0.1, -0.05) is 0 Å². The van der Waals surface area contributed by atoms with Crippen molar-refractivity contribution in [2.24, 2.45) is 5.10 Å². The topological polar surface area (TPSA) is 39.1 Å². The standard InChI is InChI=1S/C12H15Br2N3O.ClH/c1-16-2-4-17(5-3-16)15-8-9-6-10(13)12(18)11(14)7-9;/h6-8,18H,2-5H2,1H3;1H/b15-8+;. The fourth-order valence-electron chi connectivity index (χ4n) is 1.72. The molecule has 1 N–H and O–H groups in total. The first-order chi connectivity index (χ1) is 8.56. The lowest BCUT2D eigenvalue weighted by Crippen LogP contribution is -2.41. The molecular weight excluding hydrogens is 397 g/mol. The molecule has 0 aromatic heterocycles. The lowest BCUT2D eigenvalue weighted by molar-refractivity contribution is 0.159. The highest BCUT2D eigenvalue weighted by Crippen LogP contribution is 2.32. The zero-order valence-corrected chi connectivity index (χ0v) is 14.5. The molecule has 0 unspecified atom stereocenters. The van der Waals surface area contributed by atoms with Gasteiger partial charge >= 0.3 is 0 Å². The molecule has 19 heavy (non-hydrogen) atoms. The van der Waals surface area contributed by atoms with Gasteiger partial charge in [-0.05, 0) is 56.6 Å². The molecule has 0 saturated carbocycles. The Balaban J connectivity index is 0.00000180. The predicted molar refractivity (Wildman–Crippen MR) is 87.4 cm³/mol. The van der Waals surface area contributed by atoms with Gasteiger partial charge < -0.3 is 10.0 Å². The Kier molecular flexibility index (Phi) is 6.59. The fourth-order valence-corrected chi connectivity index (χ4v) is 2.94. The summed E-state index contributed by atoms with van der Waals surface area (Å²) in [6.45, 7) is 3.99. The molecule has 0 atom stereocenters. The van der Waals surface area contributed by atoms with Gasteiger partial charge in [0.2, 0.25) is 0 Å². The maximum Gasteiger partial charge on any atom is 0.143 e. The van der Waals surface area contributed by atoms with Crippen molar-refractivity contribution in [3.05, 3.63) is 26.6 Å². The Morgan fingerprint density at radius 3 is 2.21 bits per heavy atom. The molecule has 1 heterocycles. The van der Waals surface area contributed by atoms with E-state index in [4.69, 9.17) is 0 Å². The van der Waals surface area contributed by atoms with E-state index in [2.05, 4.69) is 53.9 Å². The van der Waals surface area contributed by atoms with E-state index in [9.17, 15) is 5.11 Å². The number of phenols is 1. The number of hydrazone groups is 1. The molecule has 0 radical (unpaired) electrons. The van der Waals surface area contributed by atoms with E-state index < -0.39 is 0 Å². The van der Waals surface area contributed by atoms with Crippen molar-refractivity contribution in [3.63, 3.8) is 0 Å². The summed E-state index contributed by atoms with van der Waals surface area (Å²) in [6.07, 6.45) is 1.82. The average Bonchev–Trinajstić information content (AvgIpc) is 2.35. The summed E-state index contributed by atoms with van der Waals surface area (Å²) < 4.78 is 1.33. The number of phenolic OH excluding ortho intramolecular Hbond substituents is 1. The molecular formula is C12H16Br2ClN3O. The molecule has 1 aliphatic heterocycles. The van der Waals surface area contributed by atoms with Crippen molar-refractivity contribution in [1.29, 1.82) is 0 Å². The molecule has 0 bridgehead atoms. The van der Waals surface area contributed by atoms with Crippen molar-refractivity contribution in [2.75, 3.05) is 33.2 Å². The minimum Gasteiger partial charge on any atom is -0.506 e. The number of benzene rings is 1. The summed E-state index contributed by atoms with van der Waals surface area (Å²) in [4.78, 5) is 2.29. The van der Waals surface area contributed by atoms with E-state index in [0.717, 1.165) is 31.7 Å². The van der Waals surface area contributed by atoms with Gasteiger partial charge in [-0.25, -0.2) is 0 Å². The molecule has 106 valence electrons. The van der Waals surface area contributed by atoms with Gasteiger partial charge in [-0.2, -0.15) is 5.10 Å². The van der Waals surface area contributed by atoms with Crippen LogP contribution in [0.15, 0.2) is 26.2 Å². The number of nitrogens with zero attached hydrogens (tertiary/aromatic N) is 3. The lowest BCUT2D eigenvalue weighted by atomic mass is 10.2. The van der Waals surface area contributed by atoms with E-state index >= 15 is 0 Å². The molecule has 0 aliphatic carbocycles. The second kappa shape index (κ2) is 7.47. The van der Waals surface area contributed by atoms with Gasteiger partial charge in [-0.3, -0.25) is 5.01 Å². The summed E-state index contributed by atoms with van der Waals surface area (Å²) >= 11 is 6.62. The third kappa shape index (κ3) is 4.63. The van der Waals surface area contributed by atoms with Crippen molar-refractivity contribution in [2.45, 2.75) is 0 Å². The Bertz CT molecular complexity index is 439. The first-order valence-corrected chi connectivity index (χ1v) is 7.30. The highest BCUT2D eigenvalue weighted by molar-refractivity contribution is 9.11. The van der Waals surface area contributed by atoms with Gasteiger partial charge in [0, 0.05) is 26.2 Å². The van der Waals surface area contributed by atoms with Crippen LogP contribution in [-0.4, -0.2) is 54.5 Å². The van der Waals surface area contributed by atoms with Crippen molar-refractivity contribution in [3.8, 4) is 5.75 Å². The molecule has 0 spiro atoms. The zero-order chi connectivity index (χ0) is 13.1. The van der Waals surface area contributed by atoms with Crippen molar-refractivity contribution >= 4 is 50.5 Å². The number of hydrogen-bond acceptors (Lipinski definition) is 4. The highest BCUT2D eigenvalue weighted by Gasteiger charge is 2.11. The summed E-state index contributed by atoms with van der Waals surface area (Å²) in [5.41, 5.74) is 0.950. The third-order valence-corrected chi connectivity index (χ3v) is 4.10. The van der Waals surface area contributed by atoms with Crippen molar-refractivity contribution in [1.82, 2.24) is 9.91 Å². The van der Waals surface area contributed by atoms with Crippen LogP contribution in [0.2, 0.25) is 0 Å². The molecule has 2 rings (SSSR count). The smallest absolute Gasteiger partial charge is 0.143 e. The van der Waals surface area contributed by atoms with Crippen LogP contribution >= 0.6 is 44.3 Å². The van der Waals surface area contributed by atoms with Gasteiger partial charge in [-0.15, -0.1) is 12.4 Å². The number of piperazine rings is 1. The predicted octanol–water partition coefficient (Wildman–Crippen LogP) is 2.92. The maximum atomic E-state index is 9.62. The number of aromatic hydroxyl groups is 1. The first-order valence-electron chi connectivity index (χ1n) is 5.72. The van der Waals surface area contributed by atoms with E-state index in [0.29, 0.717) is 8.95 Å². The molecule has 1 aromatic rings. The van der Waals surface area contributed by atoms with Crippen LogP contribution < -0.4 is 0 Å². The number of rotatable bonds is 2. The largest absolute Gasteiger partial charge is 0.506 e. The van der Waals surface area contributed by atoms with E-state index in [-0.39, 0.29) is 18.2 Å². The van der Waals surface area contributed by atoms with Crippen LogP contribution in [0.5, 0.6) is 5.75 Å². The Morgan fingerprint density at radius 1 is 1.16 bits per heavy atom. The van der Waals surface area contributed by atoms with Gasteiger partial charge in [0.1, 0.15) is 5.75 Å². The number of hydrogen-bond donors (Lipinski definition) is 1. The Morgan fingerprint density at radius 2 is 1.68 bits per heavy atom. The summed E-state index contributed by atoms with van der Waals surface area (Å²) in [5, 5.41) is 16.1. The minimum absolute atomic E-state index is 0. The van der Waals surface area contributed by atoms with Gasteiger partial charge in [0.05, 0.1) is 15.2 Å². The van der Waals surface area contributed by atoms with Crippen LogP contribution in [-0.2, 0) is 0 Å². The van der Waals surface area contributed by atoms with Crippen LogP contribution in [0.4, 0.5) is 0 Å². The van der Waals surface area contributed by atoms with E-state index in [1.807, 2.05) is 18.3 Å². The van der Waals surface area contributed by atoms with Crippen LogP contribution in [0.25, 0.3) is 0 Å². The number of halogens is 3. The van der Waals surface area contributed by atoms with Gasteiger partial charge in [0.25, 0.3) is 0 Å². The minimum atomic E-state index is 0. The van der Waals surface area contributed by atoms with E-state index in [1.54, 1.807) is 0 Å². The highest BCUT2D eigenvalue weighted by atomic mass is 79.9. The van der Waals surface area contributed by atoms with Gasteiger partial charge in [0.15, 0.2) is 0 Å². The average molecular weight is 414 g/mol. The quantitative estimate of drug-likeness (QED) is 0.758. The van der Waals surface area contributed by atoms with Crippen molar-refractivity contribution < 1.29 is 5.11 Å². The number of likely N-dealkylation sites (N-methyl/N-ethyl adjacent to an activating group) is 1. The van der Waals surface area contributed by atoms with Crippen LogP contribution in [0.1, 0.15) is 5.56 Å². The first kappa shape index (κ1) is 16.8. The summed E-state index contributed by atoms with van der Waals surface area (Å²) in [5.74, 6) is 0.215. The second-order valence-electron chi connectivity index (χ2n) is 4.33. The zero-order valence-electron chi connectivity index (χ0n) is 10.5. The van der Waals surface area contributed by atoms with E-state index in [1.165, 1.54) is 0 Å². The monoisotopic (exact) mass is 411 g/mol. The SMILES string of the molecule is CN1CCN(/N=C/c2cc(Br)c(O)c(Br)c2)CC1.Cl. The molecule has 1 aromatic carbocycles. The second-order valence-corrected chi connectivity index (χ2v) is 6.04. The Labute approximate surface area is 136 Å². The van der Waals surface area contributed by atoms with Crippen LogP contribution in [0, 0.1) is 0 Å². The third-order valence-electron chi connectivity index (χ3n) is 2.89. The normalized spacial score (nSPS) is 16.7. The molecule has 4 nitrogen and oxygen atoms in total.